The van der Waals surface area contributed by atoms with Crippen LogP contribution in [-0.4, -0.2) is 17.5 Å². The molecule has 0 fully saturated rings. The van der Waals surface area contributed by atoms with Gasteiger partial charge in [-0.1, -0.05) is 23.7 Å². The monoisotopic (exact) mass is 386 g/mol. The maximum absolute atomic E-state index is 12.1. The number of thiazole rings is 1. The van der Waals surface area contributed by atoms with Crippen molar-refractivity contribution in [3.05, 3.63) is 64.5 Å². The van der Waals surface area contributed by atoms with Crippen molar-refractivity contribution in [2.75, 3.05) is 11.9 Å². The van der Waals surface area contributed by atoms with Crippen LogP contribution in [-0.2, 0) is 11.2 Å². The Balaban J connectivity index is 1.55. The Labute approximate surface area is 161 Å². The van der Waals surface area contributed by atoms with Crippen LogP contribution in [0.3, 0.4) is 0 Å². The number of anilines is 1. The van der Waals surface area contributed by atoms with Gasteiger partial charge in [-0.3, -0.25) is 4.79 Å². The van der Waals surface area contributed by atoms with Gasteiger partial charge < -0.3 is 10.1 Å². The molecule has 134 valence electrons. The molecule has 0 saturated carbocycles. The topological polar surface area (TPSA) is 51.2 Å². The van der Waals surface area contributed by atoms with Crippen LogP contribution >= 0.6 is 22.9 Å². The number of aryl methyl sites for hydroxylation is 1. The van der Waals surface area contributed by atoms with Crippen LogP contribution in [0.5, 0.6) is 5.75 Å². The van der Waals surface area contributed by atoms with E-state index in [0.29, 0.717) is 29.6 Å². The van der Waals surface area contributed by atoms with Crippen molar-refractivity contribution in [2.45, 2.75) is 19.8 Å². The average molecular weight is 387 g/mol. The van der Waals surface area contributed by atoms with Gasteiger partial charge in [-0.05, 0) is 55.3 Å². The number of nitrogens with zero attached hydrogens (tertiary/aromatic N) is 1. The quantitative estimate of drug-likeness (QED) is 0.588. The highest BCUT2D eigenvalue weighted by Gasteiger charge is 2.09. The molecule has 0 aliphatic rings. The number of hydrogen-bond donors (Lipinski definition) is 1. The molecule has 26 heavy (non-hydrogen) atoms. The second kappa shape index (κ2) is 8.83. The highest BCUT2D eigenvalue weighted by molar-refractivity contribution is 7.14. The summed E-state index contributed by atoms with van der Waals surface area (Å²) >= 11 is 7.28. The zero-order valence-electron chi connectivity index (χ0n) is 14.4. The lowest BCUT2D eigenvalue weighted by atomic mass is 10.1. The Bertz CT molecular complexity index is 860. The Morgan fingerprint density at radius 1 is 1.15 bits per heavy atom. The minimum atomic E-state index is -0.0486. The predicted octanol–water partition coefficient (Wildman–Crippen LogP) is 5.43. The second-order valence-corrected chi connectivity index (χ2v) is 6.96. The molecule has 6 heteroatoms. The number of benzene rings is 2. The van der Waals surface area contributed by atoms with Gasteiger partial charge in [0.2, 0.25) is 5.91 Å². The molecule has 1 aromatic heterocycles. The van der Waals surface area contributed by atoms with Crippen molar-refractivity contribution in [1.29, 1.82) is 0 Å². The van der Waals surface area contributed by atoms with Crippen molar-refractivity contribution >= 4 is 34.0 Å². The summed E-state index contributed by atoms with van der Waals surface area (Å²) in [6.45, 7) is 2.60. The third kappa shape index (κ3) is 5.07. The highest BCUT2D eigenvalue weighted by atomic mass is 35.5. The van der Waals surface area contributed by atoms with E-state index in [-0.39, 0.29) is 5.91 Å². The van der Waals surface area contributed by atoms with E-state index in [4.69, 9.17) is 16.3 Å². The van der Waals surface area contributed by atoms with Gasteiger partial charge in [0.1, 0.15) is 5.75 Å². The van der Waals surface area contributed by atoms with E-state index in [9.17, 15) is 4.79 Å². The van der Waals surface area contributed by atoms with Crippen molar-refractivity contribution in [2.24, 2.45) is 0 Å². The van der Waals surface area contributed by atoms with Gasteiger partial charge in [-0.2, -0.15) is 0 Å². The molecule has 1 heterocycles. The van der Waals surface area contributed by atoms with E-state index in [0.717, 1.165) is 22.6 Å². The first kappa shape index (κ1) is 18.4. The number of carbonyl (C=O) groups excluding carboxylic acids is 1. The Kier molecular flexibility index (Phi) is 6.26. The molecule has 0 spiro atoms. The van der Waals surface area contributed by atoms with E-state index < -0.39 is 0 Å². The van der Waals surface area contributed by atoms with Crippen LogP contribution in [0, 0.1) is 0 Å². The lowest BCUT2D eigenvalue weighted by Crippen LogP contribution is -2.12. The summed E-state index contributed by atoms with van der Waals surface area (Å²) in [5.41, 5.74) is 2.91. The normalized spacial score (nSPS) is 10.5. The summed E-state index contributed by atoms with van der Waals surface area (Å²) in [4.78, 5) is 16.6. The van der Waals surface area contributed by atoms with Gasteiger partial charge >= 0.3 is 0 Å². The molecule has 1 N–H and O–H groups in total. The van der Waals surface area contributed by atoms with E-state index in [1.54, 1.807) is 0 Å². The van der Waals surface area contributed by atoms with Crippen LogP contribution in [0.1, 0.15) is 18.9 Å². The zero-order valence-corrected chi connectivity index (χ0v) is 15.9. The lowest BCUT2D eigenvalue weighted by molar-refractivity contribution is -0.116. The summed E-state index contributed by atoms with van der Waals surface area (Å²) in [5.74, 6) is 0.787. The predicted molar refractivity (Wildman–Crippen MR) is 107 cm³/mol. The number of nitrogens with one attached hydrogen (secondary N) is 1. The summed E-state index contributed by atoms with van der Waals surface area (Å²) in [7, 11) is 0. The zero-order chi connectivity index (χ0) is 18.4. The first-order chi connectivity index (χ1) is 12.6. The maximum atomic E-state index is 12.1. The Morgan fingerprint density at radius 3 is 2.58 bits per heavy atom. The van der Waals surface area contributed by atoms with Gasteiger partial charge in [-0.25, -0.2) is 4.98 Å². The molecule has 3 rings (SSSR count). The van der Waals surface area contributed by atoms with E-state index in [1.165, 1.54) is 11.3 Å². The molecule has 0 aliphatic heterocycles. The minimum absolute atomic E-state index is 0.0486. The molecular formula is C20H19ClN2O2S. The first-order valence-corrected chi connectivity index (χ1v) is 9.63. The summed E-state index contributed by atoms with van der Waals surface area (Å²) < 4.78 is 5.44. The van der Waals surface area contributed by atoms with Crippen molar-refractivity contribution in [3.63, 3.8) is 0 Å². The number of carbonyl (C=O) groups is 1. The molecule has 0 unspecified atom stereocenters. The molecule has 0 radical (unpaired) electrons. The smallest absolute Gasteiger partial charge is 0.226 e. The van der Waals surface area contributed by atoms with Crippen LogP contribution in [0.2, 0.25) is 5.02 Å². The Morgan fingerprint density at radius 2 is 1.88 bits per heavy atom. The van der Waals surface area contributed by atoms with E-state index >= 15 is 0 Å². The first-order valence-electron chi connectivity index (χ1n) is 8.37. The molecule has 4 nitrogen and oxygen atoms in total. The SMILES string of the molecule is CCOc1ccc(-c2csc(NC(=O)CCc3ccc(Cl)cc3)n2)cc1. The summed E-state index contributed by atoms with van der Waals surface area (Å²) in [6, 6.07) is 15.3. The standard InChI is InChI=1S/C20H19ClN2O2S/c1-2-25-17-10-6-15(7-11-17)18-13-26-20(22-18)23-19(24)12-5-14-3-8-16(21)9-4-14/h3-4,6-11,13H,2,5,12H2,1H3,(H,22,23,24). The largest absolute Gasteiger partial charge is 0.494 e. The summed E-state index contributed by atoms with van der Waals surface area (Å²) in [5, 5.41) is 6.10. The highest BCUT2D eigenvalue weighted by Crippen LogP contribution is 2.26. The fraction of sp³-hybridized carbons (Fsp3) is 0.200. The van der Waals surface area contributed by atoms with Gasteiger partial charge in [0.25, 0.3) is 0 Å². The van der Waals surface area contributed by atoms with Crippen molar-refractivity contribution in [1.82, 2.24) is 4.98 Å². The molecule has 0 aliphatic carbocycles. The minimum Gasteiger partial charge on any atom is -0.494 e. The van der Waals surface area contributed by atoms with Crippen LogP contribution in [0.15, 0.2) is 53.9 Å². The van der Waals surface area contributed by atoms with E-state index in [1.807, 2.05) is 60.8 Å². The number of ether oxygens (including phenoxy) is 1. The van der Waals surface area contributed by atoms with Gasteiger partial charge in [0.05, 0.1) is 12.3 Å². The fourth-order valence-electron chi connectivity index (χ4n) is 2.44. The summed E-state index contributed by atoms with van der Waals surface area (Å²) in [6.07, 6.45) is 1.07. The Hall–Kier alpha value is -2.37. The molecule has 2 aromatic carbocycles. The van der Waals surface area contributed by atoms with E-state index in [2.05, 4.69) is 10.3 Å². The number of rotatable bonds is 7. The van der Waals surface area contributed by atoms with Gasteiger partial charge in [-0.15, -0.1) is 11.3 Å². The number of halogens is 1. The molecule has 3 aromatic rings. The number of hydrogen-bond acceptors (Lipinski definition) is 4. The van der Waals surface area contributed by atoms with Crippen molar-refractivity contribution < 1.29 is 9.53 Å². The second-order valence-electron chi connectivity index (χ2n) is 5.67. The fourth-order valence-corrected chi connectivity index (χ4v) is 3.30. The average Bonchev–Trinajstić information content (AvgIpc) is 3.10. The third-order valence-electron chi connectivity index (χ3n) is 3.77. The third-order valence-corrected chi connectivity index (χ3v) is 4.78. The number of amides is 1. The van der Waals surface area contributed by atoms with Gasteiger partial charge in [0.15, 0.2) is 5.13 Å². The molecule has 0 atom stereocenters. The van der Waals surface area contributed by atoms with Gasteiger partial charge in [0, 0.05) is 22.4 Å². The molecule has 0 saturated heterocycles. The van der Waals surface area contributed by atoms with Crippen molar-refractivity contribution in [3.8, 4) is 17.0 Å². The molecule has 1 amide bonds. The van der Waals surface area contributed by atoms with Crippen LogP contribution < -0.4 is 10.1 Å². The van der Waals surface area contributed by atoms with Crippen LogP contribution in [0.25, 0.3) is 11.3 Å². The maximum Gasteiger partial charge on any atom is 0.226 e. The van der Waals surface area contributed by atoms with Crippen LogP contribution in [0.4, 0.5) is 5.13 Å². The molecular weight excluding hydrogens is 368 g/mol. The lowest BCUT2D eigenvalue weighted by Gasteiger charge is -2.04. The molecule has 0 bridgehead atoms. The number of aromatic nitrogens is 1.